The lowest BCUT2D eigenvalue weighted by molar-refractivity contribution is 0.0472. The topological polar surface area (TPSA) is 76.6 Å². The molecule has 0 N–H and O–H groups in total. The first-order chi connectivity index (χ1) is 14.4. The lowest BCUT2D eigenvalue weighted by atomic mass is 10.2. The lowest BCUT2D eigenvalue weighted by Crippen LogP contribution is -2.26. The van der Waals surface area contributed by atoms with Crippen LogP contribution in [0.25, 0.3) is 10.2 Å². The Morgan fingerprint density at radius 2 is 1.63 bits per heavy atom. The molecule has 0 spiro atoms. The lowest BCUT2D eigenvalue weighted by Gasteiger charge is -2.19. The third-order valence-electron chi connectivity index (χ3n) is 4.53. The summed E-state index contributed by atoms with van der Waals surface area (Å²) in [5, 5.41) is 0.702. The highest BCUT2D eigenvalue weighted by Crippen LogP contribution is 2.24. The molecule has 8 heteroatoms. The van der Waals surface area contributed by atoms with Gasteiger partial charge in [0.15, 0.2) is 0 Å². The van der Waals surface area contributed by atoms with Crippen LogP contribution < -0.4 is 4.31 Å². The maximum Gasteiger partial charge on any atom is 0.338 e. The van der Waals surface area contributed by atoms with E-state index in [1.165, 1.54) is 47.0 Å². The van der Waals surface area contributed by atoms with Crippen molar-refractivity contribution in [2.75, 3.05) is 11.4 Å². The molecule has 0 radical (unpaired) electrons. The zero-order valence-corrected chi connectivity index (χ0v) is 17.7. The second-order valence-electron chi connectivity index (χ2n) is 6.48. The molecule has 0 atom stereocenters. The van der Waals surface area contributed by atoms with Gasteiger partial charge in [-0.2, -0.15) is 0 Å². The summed E-state index contributed by atoms with van der Waals surface area (Å²) in [6.07, 6.45) is 0. The van der Waals surface area contributed by atoms with E-state index in [0.29, 0.717) is 10.7 Å². The standard InChI is InChI=1S/C22H18N2O4S2/c1-24(17-7-3-2-4-8-17)30(26,27)18-13-11-16(12-14-18)22(25)28-15-21-23-19-9-5-6-10-20(19)29-21/h2-14H,15H2,1H3. The van der Waals surface area contributed by atoms with Crippen LogP contribution in [-0.2, 0) is 21.4 Å². The van der Waals surface area contributed by atoms with E-state index in [4.69, 9.17) is 4.74 Å². The second-order valence-corrected chi connectivity index (χ2v) is 9.57. The first-order valence-corrected chi connectivity index (χ1v) is 11.4. The summed E-state index contributed by atoms with van der Waals surface area (Å²) in [4.78, 5) is 16.9. The number of para-hydroxylation sites is 2. The number of sulfonamides is 1. The summed E-state index contributed by atoms with van der Waals surface area (Å²) in [5.41, 5.74) is 1.69. The van der Waals surface area contributed by atoms with Gasteiger partial charge in [0.1, 0.15) is 11.6 Å². The number of hydrogen-bond donors (Lipinski definition) is 0. The molecule has 0 fully saturated rings. The summed E-state index contributed by atoms with van der Waals surface area (Å²) in [6, 6.07) is 22.2. The monoisotopic (exact) mass is 438 g/mol. The number of benzene rings is 3. The van der Waals surface area contributed by atoms with E-state index in [0.717, 1.165) is 10.2 Å². The Bertz CT molecular complexity index is 1250. The van der Waals surface area contributed by atoms with Crippen LogP contribution in [-0.4, -0.2) is 26.4 Å². The molecule has 3 aromatic carbocycles. The fourth-order valence-corrected chi connectivity index (χ4v) is 4.97. The van der Waals surface area contributed by atoms with Crippen LogP contribution in [0.3, 0.4) is 0 Å². The zero-order valence-electron chi connectivity index (χ0n) is 16.1. The van der Waals surface area contributed by atoms with Crippen LogP contribution in [0.4, 0.5) is 5.69 Å². The van der Waals surface area contributed by atoms with Gasteiger partial charge in [-0.15, -0.1) is 11.3 Å². The Morgan fingerprint density at radius 1 is 0.967 bits per heavy atom. The summed E-state index contributed by atoms with van der Waals surface area (Å²) >= 11 is 1.47. The minimum absolute atomic E-state index is 0.0645. The van der Waals surface area contributed by atoms with E-state index in [9.17, 15) is 13.2 Å². The molecule has 0 bridgehead atoms. The summed E-state index contributed by atoms with van der Waals surface area (Å²) < 4.78 is 33.2. The molecular formula is C22H18N2O4S2. The van der Waals surface area contributed by atoms with E-state index < -0.39 is 16.0 Å². The first kappa shape index (κ1) is 20.1. The molecule has 0 saturated carbocycles. The van der Waals surface area contributed by atoms with Crippen molar-refractivity contribution >= 4 is 43.2 Å². The van der Waals surface area contributed by atoms with Crippen molar-refractivity contribution in [3.8, 4) is 0 Å². The van der Waals surface area contributed by atoms with Crippen LogP contribution in [0.2, 0.25) is 0 Å². The summed E-state index contributed by atoms with van der Waals surface area (Å²) in [5.74, 6) is -0.533. The first-order valence-electron chi connectivity index (χ1n) is 9.11. The van der Waals surface area contributed by atoms with Crippen molar-refractivity contribution in [3.05, 3.63) is 89.4 Å². The van der Waals surface area contributed by atoms with E-state index >= 15 is 0 Å². The fraction of sp³-hybridized carbons (Fsp3) is 0.0909. The Balaban J connectivity index is 1.45. The van der Waals surface area contributed by atoms with Crippen LogP contribution in [0.15, 0.2) is 83.8 Å². The average Bonchev–Trinajstić information content (AvgIpc) is 3.20. The molecule has 30 heavy (non-hydrogen) atoms. The molecule has 152 valence electrons. The molecule has 0 aliphatic rings. The minimum Gasteiger partial charge on any atom is -0.455 e. The van der Waals surface area contributed by atoms with Crippen molar-refractivity contribution in [1.29, 1.82) is 0 Å². The van der Waals surface area contributed by atoms with E-state index in [1.807, 2.05) is 30.3 Å². The van der Waals surface area contributed by atoms with Crippen molar-refractivity contribution in [1.82, 2.24) is 4.98 Å². The number of carbonyl (C=O) groups excluding carboxylic acids is 1. The second kappa shape index (κ2) is 8.25. The number of fused-ring (bicyclic) bond motifs is 1. The fourth-order valence-electron chi connectivity index (χ4n) is 2.89. The van der Waals surface area contributed by atoms with E-state index in [1.54, 1.807) is 24.3 Å². The van der Waals surface area contributed by atoms with Gasteiger partial charge in [0.2, 0.25) is 0 Å². The zero-order chi connectivity index (χ0) is 21.1. The summed E-state index contributed by atoms with van der Waals surface area (Å²) in [6.45, 7) is 0.0645. The molecule has 0 aliphatic heterocycles. The molecule has 0 saturated heterocycles. The van der Waals surface area contributed by atoms with Crippen molar-refractivity contribution in [2.24, 2.45) is 0 Å². The minimum atomic E-state index is -3.73. The third kappa shape index (κ3) is 4.05. The molecule has 0 amide bonds. The van der Waals surface area contributed by atoms with Crippen LogP contribution in [0, 0.1) is 0 Å². The molecular weight excluding hydrogens is 420 g/mol. The number of hydrogen-bond acceptors (Lipinski definition) is 6. The molecule has 0 unspecified atom stereocenters. The number of anilines is 1. The Hall–Kier alpha value is -3.23. The third-order valence-corrected chi connectivity index (χ3v) is 7.34. The number of rotatable bonds is 6. The maximum absolute atomic E-state index is 12.8. The van der Waals surface area contributed by atoms with Gasteiger partial charge in [-0.25, -0.2) is 18.2 Å². The summed E-state index contributed by atoms with van der Waals surface area (Å²) in [7, 11) is -2.24. The van der Waals surface area contributed by atoms with Crippen molar-refractivity contribution in [2.45, 2.75) is 11.5 Å². The number of esters is 1. The molecule has 0 aliphatic carbocycles. The molecule has 4 rings (SSSR count). The maximum atomic E-state index is 12.8. The van der Waals surface area contributed by atoms with Crippen molar-refractivity contribution in [3.63, 3.8) is 0 Å². The largest absolute Gasteiger partial charge is 0.455 e. The van der Waals surface area contributed by atoms with Crippen molar-refractivity contribution < 1.29 is 17.9 Å². The van der Waals surface area contributed by atoms with Gasteiger partial charge in [0.05, 0.1) is 26.4 Å². The van der Waals surface area contributed by atoms with Gasteiger partial charge < -0.3 is 4.74 Å². The predicted octanol–water partition coefficient (Wildman–Crippen LogP) is 4.48. The predicted molar refractivity (Wildman–Crippen MR) is 117 cm³/mol. The normalized spacial score (nSPS) is 11.4. The van der Waals surface area contributed by atoms with Crippen LogP contribution in [0.5, 0.6) is 0 Å². The highest BCUT2D eigenvalue weighted by molar-refractivity contribution is 7.92. The highest BCUT2D eigenvalue weighted by atomic mass is 32.2. The number of thiazole rings is 1. The van der Waals surface area contributed by atoms with Gasteiger partial charge in [0.25, 0.3) is 10.0 Å². The van der Waals surface area contributed by atoms with Gasteiger partial charge in [-0.1, -0.05) is 30.3 Å². The smallest absolute Gasteiger partial charge is 0.338 e. The molecule has 4 aromatic rings. The molecule has 1 aromatic heterocycles. The Labute approximate surface area is 178 Å². The highest BCUT2D eigenvalue weighted by Gasteiger charge is 2.21. The number of aromatic nitrogens is 1. The Morgan fingerprint density at radius 3 is 2.33 bits per heavy atom. The van der Waals surface area contributed by atoms with Crippen LogP contribution in [0.1, 0.15) is 15.4 Å². The number of ether oxygens (including phenoxy) is 1. The van der Waals surface area contributed by atoms with E-state index in [-0.39, 0.29) is 17.1 Å². The van der Waals surface area contributed by atoms with Gasteiger partial charge in [0, 0.05) is 7.05 Å². The van der Waals surface area contributed by atoms with Gasteiger partial charge in [-0.05, 0) is 48.5 Å². The molecule has 6 nitrogen and oxygen atoms in total. The Kier molecular flexibility index (Phi) is 5.52. The number of nitrogens with zero attached hydrogens (tertiary/aromatic N) is 2. The van der Waals surface area contributed by atoms with Gasteiger partial charge in [-0.3, -0.25) is 4.31 Å². The average molecular weight is 439 g/mol. The number of carbonyl (C=O) groups is 1. The molecule has 1 heterocycles. The van der Waals surface area contributed by atoms with Crippen LogP contribution >= 0.6 is 11.3 Å². The SMILES string of the molecule is CN(c1ccccc1)S(=O)(=O)c1ccc(C(=O)OCc2nc3ccccc3s2)cc1. The van der Waals surface area contributed by atoms with Gasteiger partial charge >= 0.3 is 5.97 Å². The van der Waals surface area contributed by atoms with E-state index in [2.05, 4.69) is 4.98 Å². The quantitative estimate of drug-likeness (QED) is 0.415.